The lowest BCUT2D eigenvalue weighted by Crippen LogP contribution is -2.15. The number of hydrogen-bond acceptors (Lipinski definition) is 4. The monoisotopic (exact) mass is 311 g/mol. The summed E-state index contributed by atoms with van der Waals surface area (Å²) in [7, 11) is 0. The number of hydrogen-bond donors (Lipinski definition) is 1. The molecule has 3 heterocycles. The predicted octanol–water partition coefficient (Wildman–Crippen LogP) is 3.27. The highest BCUT2D eigenvalue weighted by Crippen LogP contribution is 2.41. The summed E-state index contributed by atoms with van der Waals surface area (Å²) < 4.78 is 13.4. The third-order valence-electron chi connectivity index (χ3n) is 5.19. The molecular formula is C18H21N3O2. The second kappa shape index (κ2) is 5.18. The summed E-state index contributed by atoms with van der Waals surface area (Å²) in [6.07, 6.45) is 6.33. The molecule has 2 aromatic rings. The van der Waals surface area contributed by atoms with Crippen LogP contribution < -0.4 is 14.8 Å². The van der Waals surface area contributed by atoms with E-state index in [4.69, 9.17) is 14.6 Å². The fraction of sp³-hybridized carbons (Fsp3) is 0.500. The third-order valence-corrected chi connectivity index (χ3v) is 5.19. The molecule has 5 rings (SSSR count). The highest BCUT2D eigenvalue weighted by atomic mass is 16.6. The first-order valence-electron chi connectivity index (χ1n) is 8.66. The van der Waals surface area contributed by atoms with Crippen molar-refractivity contribution in [2.24, 2.45) is 0 Å². The van der Waals surface area contributed by atoms with Crippen molar-refractivity contribution in [1.82, 2.24) is 9.78 Å². The van der Waals surface area contributed by atoms with E-state index in [1.807, 2.05) is 12.1 Å². The van der Waals surface area contributed by atoms with Gasteiger partial charge in [-0.3, -0.25) is 0 Å². The summed E-state index contributed by atoms with van der Waals surface area (Å²) in [5, 5.41) is 8.51. The van der Waals surface area contributed by atoms with Crippen molar-refractivity contribution >= 4 is 5.82 Å². The van der Waals surface area contributed by atoms with E-state index in [2.05, 4.69) is 16.1 Å². The summed E-state index contributed by atoms with van der Waals surface area (Å²) in [5.74, 6) is 3.46. The summed E-state index contributed by atoms with van der Waals surface area (Å²) in [6.45, 7) is 2.24. The Hall–Kier alpha value is -2.17. The van der Waals surface area contributed by atoms with Gasteiger partial charge in [0.1, 0.15) is 19.0 Å². The van der Waals surface area contributed by atoms with Gasteiger partial charge in [-0.15, -0.1) is 0 Å². The molecular weight excluding hydrogens is 290 g/mol. The average Bonchev–Trinajstić information content (AvgIpc) is 3.31. The first kappa shape index (κ1) is 13.3. The van der Waals surface area contributed by atoms with Gasteiger partial charge >= 0.3 is 0 Å². The van der Waals surface area contributed by atoms with E-state index in [0.717, 1.165) is 30.2 Å². The number of rotatable bonds is 2. The zero-order chi connectivity index (χ0) is 15.2. The lowest BCUT2D eigenvalue weighted by molar-refractivity contribution is 0.171. The van der Waals surface area contributed by atoms with Gasteiger partial charge in [-0.25, -0.2) is 4.68 Å². The van der Waals surface area contributed by atoms with Gasteiger partial charge in [0.15, 0.2) is 11.5 Å². The molecule has 5 heteroatoms. The second-order valence-corrected chi connectivity index (χ2v) is 6.61. The Morgan fingerprint density at radius 1 is 1.09 bits per heavy atom. The largest absolute Gasteiger partial charge is 0.486 e. The summed E-state index contributed by atoms with van der Waals surface area (Å²) in [6, 6.07) is 6.10. The molecule has 1 saturated carbocycles. The fourth-order valence-electron chi connectivity index (χ4n) is 4.08. The molecule has 5 nitrogen and oxygen atoms in total. The van der Waals surface area contributed by atoms with Crippen molar-refractivity contribution in [3.63, 3.8) is 0 Å². The molecule has 120 valence electrons. The van der Waals surface area contributed by atoms with Gasteiger partial charge in [-0.05, 0) is 31.4 Å². The highest BCUT2D eigenvalue weighted by molar-refractivity contribution is 5.59. The van der Waals surface area contributed by atoms with Gasteiger partial charge < -0.3 is 14.8 Å². The molecule has 1 aromatic carbocycles. The van der Waals surface area contributed by atoms with Crippen LogP contribution in [0.5, 0.6) is 11.5 Å². The zero-order valence-electron chi connectivity index (χ0n) is 13.2. The van der Waals surface area contributed by atoms with E-state index in [1.165, 1.54) is 42.8 Å². The fourth-order valence-corrected chi connectivity index (χ4v) is 4.08. The number of anilines is 1. The molecule has 0 bridgehead atoms. The molecule has 0 radical (unpaired) electrons. The molecule has 1 N–H and O–H groups in total. The van der Waals surface area contributed by atoms with Crippen LogP contribution in [0.25, 0.3) is 5.69 Å². The summed E-state index contributed by atoms with van der Waals surface area (Å²) >= 11 is 0. The van der Waals surface area contributed by atoms with Crippen molar-refractivity contribution in [3.05, 3.63) is 29.5 Å². The molecule has 23 heavy (non-hydrogen) atoms. The normalized spacial score (nSPS) is 19.7. The third kappa shape index (κ3) is 2.10. The molecule has 1 fully saturated rings. The van der Waals surface area contributed by atoms with Crippen LogP contribution in [0.15, 0.2) is 18.2 Å². The minimum Gasteiger partial charge on any atom is -0.486 e. The number of nitrogens with one attached hydrogen (secondary N) is 1. The van der Waals surface area contributed by atoms with Crippen LogP contribution in [0.1, 0.15) is 42.9 Å². The molecule has 0 atom stereocenters. The van der Waals surface area contributed by atoms with E-state index in [9.17, 15) is 0 Å². The van der Waals surface area contributed by atoms with Crippen molar-refractivity contribution < 1.29 is 9.47 Å². The van der Waals surface area contributed by atoms with Crippen LogP contribution >= 0.6 is 0 Å². The van der Waals surface area contributed by atoms with Crippen molar-refractivity contribution in [1.29, 1.82) is 0 Å². The maximum absolute atomic E-state index is 5.73. The maximum atomic E-state index is 5.73. The van der Waals surface area contributed by atoms with Crippen molar-refractivity contribution in [2.75, 3.05) is 25.1 Å². The zero-order valence-corrected chi connectivity index (χ0v) is 13.2. The molecule has 1 aromatic heterocycles. The quantitative estimate of drug-likeness (QED) is 0.925. The van der Waals surface area contributed by atoms with Gasteiger partial charge in [0.05, 0.1) is 11.4 Å². The summed E-state index contributed by atoms with van der Waals surface area (Å²) in [5.41, 5.74) is 3.79. The van der Waals surface area contributed by atoms with Crippen LogP contribution in [-0.4, -0.2) is 29.5 Å². The molecule has 3 aliphatic rings. The van der Waals surface area contributed by atoms with Crippen LogP contribution in [0, 0.1) is 0 Å². The second-order valence-electron chi connectivity index (χ2n) is 6.61. The molecule has 0 amide bonds. The molecule has 2 aliphatic heterocycles. The molecule has 0 saturated heterocycles. The van der Waals surface area contributed by atoms with E-state index in [1.54, 1.807) is 0 Å². The van der Waals surface area contributed by atoms with Crippen molar-refractivity contribution in [2.45, 2.75) is 38.0 Å². The van der Waals surface area contributed by atoms with E-state index < -0.39 is 0 Å². The minimum atomic E-state index is 0.610. The van der Waals surface area contributed by atoms with Crippen LogP contribution in [0.2, 0.25) is 0 Å². The standard InChI is InChI=1S/C18H21N3O2/c1-2-4-12(3-1)17-14-7-8-19-18(14)21(20-17)13-5-6-15-16(11-13)23-10-9-22-15/h5-6,11-12,19H,1-4,7-10H2. The van der Waals surface area contributed by atoms with E-state index in [-0.39, 0.29) is 0 Å². The minimum absolute atomic E-state index is 0.610. The lowest BCUT2D eigenvalue weighted by atomic mass is 9.99. The predicted molar refractivity (Wildman–Crippen MR) is 88.0 cm³/mol. The molecule has 1 aliphatic carbocycles. The Morgan fingerprint density at radius 2 is 1.91 bits per heavy atom. The number of benzene rings is 1. The Labute approximate surface area is 135 Å². The Bertz CT molecular complexity index is 747. The summed E-state index contributed by atoms with van der Waals surface area (Å²) in [4.78, 5) is 0. The highest BCUT2D eigenvalue weighted by Gasteiger charge is 2.29. The van der Waals surface area contributed by atoms with Crippen LogP contribution in [-0.2, 0) is 6.42 Å². The molecule has 0 unspecified atom stereocenters. The van der Waals surface area contributed by atoms with E-state index >= 15 is 0 Å². The van der Waals surface area contributed by atoms with Gasteiger partial charge in [0, 0.05) is 24.1 Å². The number of ether oxygens (including phenoxy) is 2. The first-order chi connectivity index (χ1) is 11.4. The molecule has 0 spiro atoms. The van der Waals surface area contributed by atoms with E-state index in [0.29, 0.717) is 19.1 Å². The topological polar surface area (TPSA) is 48.3 Å². The van der Waals surface area contributed by atoms with Crippen LogP contribution in [0.3, 0.4) is 0 Å². The van der Waals surface area contributed by atoms with Crippen molar-refractivity contribution in [3.8, 4) is 17.2 Å². The number of aromatic nitrogens is 2. The van der Waals surface area contributed by atoms with Crippen LogP contribution in [0.4, 0.5) is 5.82 Å². The lowest BCUT2D eigenvalue weighted by Gasteiger charge is -2.19. The number of fused-ring (bicyclic) bond motifs is 2. The Kier molecular flexibility index (Phi) is 2.99. The average molecular weight is 311 g/mol. The first-order valence-corrected chi connectivity index (χ1v) is 8.66. The van der Waals surface area contributed by atoms with Gasteiger partial charge in [-0.2, -0.15) is 5.10 Å². The maximum Gasteiger partial charge on any atom is 0.163 e. The Morgan fingerprint density at radius 3 is 2.78 bits per heavy atom. The van der Waals surface area contributed by atoms with Gasteiger partial charge in [0.2, 0.25) is 0 Å². The SMILES string of the molecule is c1cc2c(cc1-n1nc(C3CCCC3)c3c1NCC3)OCCO2. The number of nitrogens with zero attached hydrogens (tertiary/aromatic N) is 2. The Balaban J connectivity index is 1.59. The smallest absolute Gasteiger partial charge is 0.163 e. The van der Waals surface area contributed by atoms with Gasteiger partial charge in [0.25, 0.3) is 0 Å². The van der Waals surface area contributed by atoms with Gasteiger partial charge in [-0.1, -0.05) is 12.8 Å².